The van der Waals surface area contributed by atoms with Crippen LogP contribution in [0.4, 0.5) is 0 Å². The largest absolute Gasteiger partial charge is 0.320 e. The van der Waals surface area contributed by atoms with Crippen LogP contribution < -0.4 is 10.5 Å². The third-order valence-corrected chi connectivity index (χ3v) is 5.67. The van der Waals surface area contributed by atoms with E-state index in [1.54, 1.807) is 24.3 Å². The maximum atomic E-state index is 11.5. The van der Waals surface area contributed by atoms with Gasteiger partial charge in [-0.2, -0.15) is 0 Å². The van der Waals surface area contributed by atoms with Gasteiger partial charge in [-0.15, -0.1) is 0 Å². The highest BCUT2D eigenvalue weighted by atomic mass is 32.3. The summed E-state index contributed by atoms with van der Waals surface area (Å²) in [6.45, 7) is 0.251. The molecule has 0 fully saturated rings. The van der Waals surface area contributed by atoms with Crippen molar-refractivity contribution in [3.63, 3.8) is 0 Å². The van der Waals surface area contributed by atoms with Crippen LogP contribution in [0.25, 0.3) is 0 Å². The van der Waals surface area contributed by atoms with Gasteiger partial charge in [-0.1, -0.05) is 24.0 Å². The van der Waals surface area contributed by atoms with Crippen LogP contribution in [-0.4, -0.2) is 34.7 Å². The van der Waals surface area contributed by atoms with Crippen molar-refractivity contribution in [2.45, 2.75) is 6.54 Å². The van der Waals surface area contributed by atoms with Crippen molar-refractivity contribution in [2.24, 2.45) is 5.73 Å². The molecule has 0 aliphatic rings. The van der Waals surface area contributed by atoms with E-state index in [2.05, 4.69) is 16.6 Å². The molecule has 0 bridgehead atoms. The van der Waals surface area contributed by atoms with E-state index in [1.165, 1.54) is 0 Å². The molecule has 1 rings (SSSR count). The number of nitrogens with two attached hydrogens (primary N) is 1. The molecule has 1 aromatic rings. The van der Waals surface area contributed by atoms with Gasteiger partial charge in [-0.25, -0.2) is 21.6 Å². The Balaban J connectivity index is 2.75. The van der Waals surface area contributed by atoms with Crippen LogP contribution in [0.5, 0.6) is 0 Å². The smallest absolute Gasteiger partial charge is 0.226 e. The van der Waals surface area contributed by atoms with Crippen LogP contribution in [0.15, 0.2) is 24.3 Å². The Hall–Kier alpha value is -1.40. The van der Waals surface area contributed by atoms with E-state index in [0.29, 0.717) is 5.56 Å². The number of sulfonamides is 1. The van der Waals surface area contributed by atoms with Crippen LogP contribution in [0.2, 0.25) is 0 Å². The first-order valence-corrected chi connectivity index (χ1v) is 9.36. The maximum Gasteiger partial charge on any atom is 0.226 e. The topological polar surface area (TPSA) is 106 Å². The number of sulfone groups is 1. The Morgan fingerprint density at radius 1 is 1.25 bits per heavy atom. The van der Waals surface area contributed by atoms with Crippen molar-refractivity contribution in [3.05, 3.63) is 35.4 Å². The van der Waals surface area contributed by atoms with Crippen LogP contribution in [0.1, 0.15) is 11.1 Å². The molecule has 0 aliphatic heterocycles. The van der Waals surface area contributed by atoms with E-state index in [0.717, 1.165) is 11.8 Å². The molecule has 0 unspecified atom stereocenters. The summed E-state index contributed by atoms with van der Waals surface area (Å²) in [4.78, 5) is 0. The van der Waals surface area contributed by atoms with E-state index in [4.69, 9.17) is 5.73 Å². The monoisotopic (exact) mass is 316 g/mol. The Kier molecular flexibility index (Phi) is 5.71. The summed E-state index contributed by atoms with van der Waals surface area (Å²) in [6, 6.07) is 6.94. The fourth-order valence-corrected chi connectivity index (χ4v) is 4.40. The Labute approximate surface area is 119 Å². The highest BCUT2D eigenvalue weighted by Gasteiger charge is 2.17. The lowest BCUT2D eigenvalue weighted by molar-refractivity contribution is 0.580. The van der Waals surface area contributed by atoms with E-state index >= 15 is 0 Å². The van der Waals surface area contributed by atoms with Gasteiger partial charge in [0.05, 0.1) is 6.54 Å². The summed E-state index contributed by atoms with van der Waals surface area (Å²) in [5.41, 5.74) is 6.67. The summed E-state index contributed by atoms with van der Waals surface area (Å²) in [5.74, 6) is 5.53. The van der Waals surface area contributed by atoms with Gasteiger partial charge in [0, 0.05) is 18.4 Å². The van der Waals surface area contributed by atoms with Gasteiger partial charge >= 0.3 is 0 Å². The van der Waals surface area contributed by atoms with Crippen molar-refractivity contribution in [1.29, 1.82) is 0 Å². The van der Waals surface area contributed by atoms with Crippen molar-refractivity contribution in [1.82, 2.24) is 4.72 Å². The van der Waals surface area contributed by atoms with Gasteiger partial charge in [-0.3, -0.25) is 0 Å². The minimum Gasteiger partial charge on any atom is -0.320 e. The lowest BCUT2D eigenvalue weighted by Gasteiger charge is -2.06. The molecule has 0 aromatic heterocycles. The maximum absolute atomic E-state index is 11.5. The number of hydrogen-bond acceptors (Lipinski definition) is 5. The number of hydrogen-bond donors (Lipinski definition) is 2. The molecular weight excluding hydrogens is 300 g/mol. The van der Waals surface area contributed by atoms with Crippen molar-refractivity contribution in [3.8, 4) is 11.8 Å². The predicted molar refractivity (Wildman–Crippen MR) is 77.8 cm³/mol. The molecule has 0 atom stereocenters. The average molecular weight is 316 g/mol. The zero-order valence-corrected chi connectivity index (χ0v) is 12.6. The predicted octanol–water partition coefficient (Wildman–Crippen LogP) is -0.582. The van der Waals surface area contributed by atoms with E-state index in [9.17, 15) is 16.8 Å². The Morgan fingerprint density at radius 2 is 1.95 bits per heavy atom. The Bertz CT molecular complexity index is 728. The van der Waals surface area contributed by atoms with Crippen LogP contribution in [0, 0.1) is 11.8 Å². The molecule has 20 heavy (non-hydrogen) atoms. The van der Waals surface area contributed by atoms with Crippen molar-refractivity contribution < 1.29 is 16.8 Å². The average Bonchev–Trinajstić information content (AvgIpc) is 2.32. The van der Waals surface area contributed by atoms with Crippen molar-refractivity contribution >= 4 is 19.9 Å². The Morgan fingerprint density at radius 3 is 2.55 bits per heavy atom. The van der Waals surface area contributed by atoms with E-state index in [1.807, 2.05) is 0 Å². The summed E-state index contributed by atoms with van der Waals surface area (Å²) in [5, 5.41) is -0.924. The normalized spacial score (nSPS) is 11.7. The summed E-state index contributed by atoms with van der Waals surface area (Å²) >= 11 is 0. The molecule has 8 heteroatoms. The quantitative estimate of drug-likeness (QED) is 0.707. The first-order chi connectivity index (χ1) is 9.22. The highest BCUT2D eigenvalue weighted by molar-refractivity contribution is 8.06. The fraction of sp³-hybridized carbons (Fsp3) is 0.333. The van der Waals surface area contributed by atoms with Gasteiger partial charge in [0.25, 0.3) is 0 Å². The van der Waals surface area contributed by atoms with Gasteiger partial charge in [0.1, 0.15) is 0 Å². The first kappa shape index (κ1) is 16.7. The van der Waals surface area contributed by atoms with Gasteiger partial charge in [0.15, 0.2) is 14.9 Å². The molecule has 110 valence electrons. The minimum absolute atomic E-state index is 0.00992. The fourth-order valence-electron chi connectivity index (χ4n) is 1.43. The standard InChI is InChI=1S/C12H16N2O4S2/c1-19(15,16)10-20(17,18)14-9-12-5-2-4-11(8-12)6-3-7-13/h2,4-5,8,14H,7,9-10,13H2,1H3. The lowest BCUT2D eigenvalue weighted by atomic mass is 10.1. The van der Waals surface area contributed by atoms with E-state index in [-0.39, 0.29) is 13.1 Å². The third kappa shape index (κ3) is 6.68. The van der Waals surface area contributed by atoms with Crippen LogP contribution in [0.3, 0.4) is 0 Å². The number of rotatable bonds is 5. The highest BCUT2D eigenvalue weighted by Crippen LogP contribution is 2.05. The molecule has 0 saturated carbocycles. The summed E-state index contributed by atoms with van der Waals surface area (Å²) in [7, 11) is -7.45. The molecule has 0 amide bonds. The van der Waals surface area contributed by atoms with Gasteiger partial charge < -0.3 is 5.73 Å². The molecule has 0 heterocycles. The second kappa shape index (κ2) is 6.85. The summed E-state index contributed by atoms with van der Waals surface area (Å²) < 4.78 is 47.3. The van der Waals surface area contributed by atoms with Crippen LogP contribution in [-0.2, 0) is 26.4 Å². The number of benzene rings is 1. The van der Waals surface area contributed by atoms with Gasteiger partial charge in [-0.05, 0) is 17.7 Å². The molecule has 0 saturated heterocycles. The van der Waals surface area contributed by atoms with Gasteiger partial charge in [0.2, 0.25) is 10.0 Å². The van der Waals surface area contributed by atoms with Crippen LogP contribution >= 0.6 is 0 Å². The second-order valence-corrected chi connectivity index (χ2v) is 8.50. The SMILES string of the molecule is CS(=O)(=O)CS(=O)(=O)NCc1cccc(C#CCN)c1. The molecule has 1 aromatic carbocycles. The molecule has 0 radical (unpaired) electrons. The summed E-state index contributed by atoms with van der Waals surface area (Å²) in [6.07, 6.45) is 0.870. The lowest BCUT2D eigenvalue weighted by Crippen LogP contribution is -2.29. The molecule has 0 spiro atoms. The molecular formula is C12H16N2O4S2. The second-order valence-electron chi connectivity index (χ2n) is 4.19. The minimum atomic E-state index is -3.86. The molecule has 3 N–H and O–H groups in total. The number of nitrogens with one attached hydrogen (secondary N) is 1. The molecule has 0 aliphatic carbocycles. The van der Waals surface area contributed by atoms with E-state index < -0.39 is 24.9 Å². The zero-order chi connectivity index (χ0) is 15.2. The third-order valence-electron chi connectivity index (χ3n) is 2.13. The molecule has 6 nitrogen and oxygen atoms in total. The zero-order valence-electron chi connectivity index (χ0n) is 11.0. The first-order valence-electron chi connectivity index (χ1n) is 5.65. The van der Waals surface area contributed by atoms with Crippen molar-refractivity contribution in [2.75, 3.05) is 17.9 Å².